The molecule has 0 saturated heterocycles. The van der Waals surface area contributed by atoms with Gasteiger partial charge in [-0.05, 0) is 42.2 Å². The Labute approximate surface area is 203 Å². The molecule has 11 heteroatoms. The minimum Gasteiger partial charge on any atom is -0.358 e. The van der Waals surface area contributed by atoms with Gasteiger partial charge in [0.05, 0.1) is 6.42 Å². The van der Waals surface area contributed by atoms with Crippen LogP contribution in [0, 0.1) is 5.82 Å². The summed E-state index contributed by atoms with van der Waals surface area (Å²) in [7, 11) is 1.94. The van der Waals surface area contributed by atoms with Crippen molar-refractivity contribution in [1.29, 1.82) is 0 Å². The number of carbonyl (C=O) groups is 1. The highest BCUT2D eigenvalue weighted by molar-refractivity contribution is 5.91. The van der Waals surface area contributed by atoms with E-state index < -0.39 is 23.3 Å². The first-order valence-electron chi connectivity index (χ1n) is 11.2. The lowest BCUT2D eigenvalue weighted by atomic mass is 10.0. The van der Waals surface area contributed by atoms with E-state index in [9.17, 15) is 22.4 Å². The maximum atomic E-state index is 14.7. The summed E-state index contributed by atoms with van der Waals surface area (Å²) in [4.78, 5) is 21.1. The molecule has 0 radical (unpaired) electrons. The van der Waals surface area contributed by atoms with Gasteiger partial charge in [-0.3, -0.25) is 4.79 Å². The summed E-state index contributed by atoms with van der Waals surface area (Å²) in [5.74, 6) is -1.09. The molecule has 1 saturated carbocycles. The maximum Gasteiger partial charge on any atom is 0.401 e. The number of nitrogens with one attached hydrogen (secondary N) is 1. The van der Waals surface area contributed by atoms with Gasteiger partial charge in [-0.15, -0.1) is 0 Å². The van der Waals surface area contributed by atoms with E-state index in [-0.39, 0.29) is 36.4 Å². The summed E-state index contributed by atoms with van der Waals surface area (Å²) >= 11 is 0. The molecule has 0 bridgehead atoms. The molecule has 36 heavy (non-hydrogen) atoms. The largest absolute Gasteiger partial charge is 0.401 e. The van der Waals surface area contributed by atoms with Gasteiger partial charge >= 0.3 is 6.18 Å². The van der Waals surface area contributed by atoms with Crippen LogP contribution in [0.1, 0.15) is 35.7 Å². The van der Waals surface area contributed by atoms with Crippen LogP contribution in [0.2, 0.25) is 0 Å². The first-order valence-corrected chi connectivity index (χ1v) is 11.2. The van der Waals surface area contributed by atoms with Crippen molar-refractivity contribution in [2.24, 2.45) is 7.05 Å². The zero-order valence-electron chi connectivity index (χ0n) is 19.1. The zero-order chi connectivity index (χ0) is 25.5. The highest BCUT2D eigenvalue weighted by atomic mass is 19.4. The van der Waals surface area contributed by atoms with E-state index in [0.717, 1.165) is 11.8 Å². The van der Waals surface area contributed by atoms with Gasteiger partial charge < -0.3 is 14.4 Å². The van der Waals surface area contributed by atoms with E-state index in [4.69, 9.17) is 4.52 Å². The Morgan fingerprint density at radius 3 is 2.50 bits per heavy atom. The first kappa shape index (κ1) is 23.7. The van der Waals surface area contributed by atoms with Crippen LogP contribution in [0.4, 0.5) is 23.4 Å². The third kappa shape index (κ3) is 4.60. The number of carbonyl (C=O) groups excluding carboxylic acids is 1. The molecule has 0 spiro atoms. The zero-order valence-corrected chi connectivity index (χ0v) is 19.1. The average molecular weight is 499 g/mol. The fourth-order valence-electron chi connectivity index (χ4n) is 4.02. The quantitative estimate of drug-likeness (QED) is 0.363. The van der Waals surface area contributed by atoms with Gasteiger partial charge in [0, 0.05) is 49.4 Å². The Hall–Kier alpha value is -4.02. The predicted octanol–water partition coefficient (Wildman–Crippen LogP) is 4.98. The standard InChI is InChI=1S/C25H21F4N5O2/c1-34-8-2-3-18(34)11-21-30-13-17(14-31-21)15-4-5-16(19(26)9-15)10-23(35)32-22-12-20(36-33-22)24(6-7-24)25(27,28)29/h2-5,8-9,12-14H,6-7,10-11H2,1H3,(H,32,33,35). The number of benzene rings is 1. The molecule has 1 aliphatic carbocycles. The van der Waals surface area contributed by atoms with Crippen LogP contribution in [-0.2, 0) is 30.1 Å². The summed E-state index contributed by atoms with van der Waals surface area (Å²) in [6, 6.07) is 9.39. The Morgan fingerprint density at radius 2 is 1.89 bits per heavy atom. The molecule has 1 fully saturated rings. The number of halogens is 4. The van der Waals surface area contributed by atoms with Crippen molar-refractivity contribution >= 4 is 11.7 Å². The molecule has 1 aromatic carbocycles. The van der Waals surface area contributed by atoms with Gasteiger partial charge in [0.1, 0.15) is 17.1 Å². The van der Waals surface area contributed by atoms with Crippen LogP contribution in [0.15, 0.2) is 59.5 Å². The third-order valence-electron chi connectivity index (χ3n) is 6.38. The second kappa shape index (κ2) is 8.89. The van der Waals surface area contributed by atoms with Crippen LogP contribution in [-0.4, -0.2) is 31.8 Å². The maximum absolute atomic E-state index is 14.7. The van der Waals surface area contributed by atoms with Gasteiger partial charge in [0.25, 0.3) is 0 Å². The van der Waals surface area contributed by atoms with Crippen LogP contribution >= 0.6 is 0 Å². The molecule has 1 aliphatic rings. The molecule has 3 heterocycles. The molecular weight excluding hydrogens is 478 g/mol. The van der Waals surface area contributed by atoms with Gasteiger partial charge in [-0.25, -0.2) is 14.4 Å². The summed E-state index contributed by atoms with van der Waals surface area (Å²) < 4.78 is 61.2. The first-order chi connectivity index (χ1) is 17.1. The highest BCUT2D eigenvalue weighted by Gasteiger charge is 2.66. The van der Waals surface area contributed by atoms with E-state index in [1.165, 1.54) is 12.1 Å². The predicted molar refractivity (Wildman–Crippen MR) is 121 cm³/mol. The number of alkyl halides is 3. The average Bonchev–Trinajstić information content (AvgIpc) is 3.39. The molecule has 0 atom stereocenters. The van der Waals surface area contributed by atoms with E-state index in [1.54, 1.807) is 18.5 Å². The Kier molecular flexibility index (Phi) is 5.85. The number of rotatable bonds is 7. The van der Waals surface area contributed by atoms with E-state index in [0.29, 0.717) is 23.4 Å². The van der Waals surface area contributed by atoms with Gasteiger partial charge in [-0.2, -0.15) is 13.2 Å². The topological polar surface area (TPSA) is 85.8 Å². The molecule has 3 aromatic heterocycles. The second-order valence-electron chi connectivity index (χ2n) is 8.86. The number of hydrogen-bond donors (Lipinski definition) is 1. The highest BCUT2D eigenvalue weighted by Crippen LogP contribution is 2.59. The number of anilines is 1. The molecule has 1 N–H and O–H groups in total. The Bertz CT molecular complexity index is 1400. The molecule has 0 aliphatic heterocycles. The normalized spacial score (nSPS) is 14.6. The molecule has 1 amide bonds. The van der Waals surface area contributed by atoms with Crippen molar-refractivity contribution in [2.75, 3.05) is 5.32 Å². The van der Waals surface area contributed by atoms with E-state index in [1.807, 2.05) is 29.9 Å². The van der Waals surface area contributed by atoms with Crippen molar-refractivity contribution in [3.8, 4) is 11.1 Å². The Morgan fingerprint density at radius 1 is 1.14 bits per heavy atom. The van der Waals surface area contributed by atoms with E-state index in [2.05, 4.69) is 20.4 Å². The monoisotopic (exact) mass is 499 g/mol. The van der Waals surface area contributed by atoms with Crippen LogP contribution in [0.5, 0.6) is 0 Å². The summed E-state index contributed by atoms with van der Waals surface area (Å²) in [6.07, 6.45) is 0.778. The van der Waals surface area contributed by atoms with Crippen molar-refractivity contribution in [2.45, 2.75) is 37.3 Å². The number of aryl methyl sites for hydroxylation is 1. The molecule has 4 aromatic rings. The Balaban J connectivity index is 1.22. The number of aromatic nitrogens is 4. The van der Waals surface area contributed by atoms with Crippen molar-refractivity contribution < 1.29 is 26.9 Å². The van der Waals surface area contributed by atoms with Crippen LogP contribution in [0.3, 0.4) is 0 Å². The third-order valence-corrected chi connectivity index (χ3v) is 6.38. The van der Waals surface area contributed by atoms with Gasteiger partial charge in [0.2, 0.25) is 5.91 Å². The fourth-order valence-corrected chi connectivity index (χ4v) is 4.02. The molecular formula is C25H21F4N5O2. The molecule has 0 unspecified atom stereocenters. The number of amides is 1. The van der Waals surface area contributed by atoms with Crippen LogP contribution in [0.25, 0.3) is 11.1 Å². The summed E-state index contributed by atoms with van der Waals surface area (Å²) in [5, 5.41) is 5.88. The summed E-state index contributed by atoms with van der Waals surface area (Å²) in [6.45, 7) is 0. The number of nitrogens with zero attached hydrogens (tertiary/aromatic N) is 4. The van der Waals surface area contributed by atoms with Gasteiger partial charge in [0.15, 0.2) is 11.6 Å². The minimum atomic E-state index is -4.45. The van der Waals surface area contributed by atoms with Gasteiger partial charge in [-0.1, -0.05) is 17.3 Å². The number of hydrogen-bond acceptors (Lipinski definition) is 5. The second-order valence-corrected chi connectivity index (χ2v) is 8.86. The fraction of sp³-hybridized carbons (Fsp3) is 0.280. The minimum absolute atomic E-state index is 0.0860. The smallest absolute Gasteiger partial charge is 0.358 e. The lowest BCUT2D eigenvalue weighted by Crippen LogP contribution is -2.28. The lowest BCUT2D eigenvalue weighted by Gasteiger charge is -2.14. The SMILES string of the molecule is Cn1cccc1Cc1ncc(-c2ccc(CC(=O)Nc3cc(C4(C(F)(F)F)CC4)on3)c(F)c2)cn1. The van der Waals surface area contributed by atoms with Crippen molar-refractivity contribution in [3.05, 3.63) is 83.6 Å². The van der Waals surface area contributed by atoms with Crippen LogP contribution < -0.4 is 5.32 Å². The van der Waals surface area contributed by atoms with E-state index >= 15 is 0 Å². The molecule has 5 rings (SSSR count). The summed E-state index contributed by atoms with van der Waals surface area (Å²) in [5.41, 5.74) is 0.314. The van der Waals surface area contributed by atoms with Crippen molar-refractivity contribution in [1.82, 2.24) is 19.7 Å². The molecule has 7 nitrogen and oxygen atoms in total. The lowest BCUT2D eigenvalue weighted by molar-refractivity contribution is -0.165. The van der Waals surface area contributed by atoms with Crippen molar-refractivity contribution in [3.63, 3.8) is 0 Å². The molecule has 186 valence electrons.